The molecule has 4 heteroatoms. The quantitative estimate of drug-likeness (QED) is 0.199. The van der Waals surface area contributed by atoms with E-state index in [1.165, 1.54) is 5.56 Å². The molecule has 48 heavy (non-hydrogen) atoms. The molecule has 3 heterocycles. The number of rotatable bonds is 3. The lowest BCUT2D eigenvalue weighted by Gasteiger charge is -2.39. The van der Waals surface area contributed by atoms with Gasteiger partial charge in [0.15, 0.2) is 5.82 Å². The van der Waals surface area contributed by atoms with Gasteiger partial charge in [-0.1, -0.05) is 146 Å². The lowest BCUT2D eigenvalue weighted by molar-refractivity contribution is 0.437. The Kier molecular flexibility index (Phi) is 5.75. The van der Waals surface area contributed by atoms with E-state index in [-0.39, 0.29) is 0 Å². The third-order valence-corrected chi connectivity index (χ3v) is 9.75. The van der Waals surface area contributed by atoms with Gasteiger partial charge in [-0.3, -0.25) is 0 Å². The molecule has 1 aliphatic carbocycles. The van der Waals surface area contributed by atoms with E-state index in [1.54, 1.807) is 0 Å². The van der Waals surface area contributed by atoms with Crippen LogP contribution >= 0.6 is 0 Å². The van der Waals surface area contributed by atoms with Crippen LogP contribution in [0.2, 0.25) is 0 Å². The molecule has 2 aromatic heterocycles. The summed E-state index contributed by atoms with van der Waals surface area (Å²) in [6, 6.07) is 56.8. The van der Waals surface area contributed by atoms with E-state index in [1.807, 2.05) is 48.5 Å². The first kappa shape index (κ1) is 26.8. The van der Waals surface area contributed by atoms with E-state index in [2.05, 4.69) is 115 Å². The van der Waals surface area contributed by atoms with Crippen LogP contribution in [-0.4, -0.2) is 15.0 Å². The summed E-state index contributed by atoms with van der Waals surface area (Å²) in [5.41, 5.74) is 10.6. The number of fused-ring (bicyclic) bond motifs is 11. The van der Waals surface area contributed by atoms with E-state index in [0.29, 0.717) is 5.82 Å². The molecule has 0 bridgehead atoms. The van der Waals surface area contributed by atoms with Crippen LogP contribution in [0.4, 0.5) is 0 Å². The van der Waals surface area contributed by atoms with Crippen LogP contribution in [0.5, 0.6) is 11.5 Å². The monoisotopic (exact) mass is 613 g/mol. The lowest BCUT2D eigenvalue weighted by atomic mass is 9.65. The summed E-state index contributed by atoms with van der Waals surface area (Å²) in [7, 11) is 0. The molecular weight excluding hydrogens is 587 g/mol. The summed E-state index contributed by atoms with van der Waals surface area (Å²) in [6.07, 6.45) is 0. The molecule has 0 fully saturated rings. The first-order valence-electron chi connectivity index (χ1n) is 16.2. The maximum atomic E-state index is 6.57. The molecule has 6 aromatic carbocycles. The van der Waals surface area contributed by atoms with Gasteiger partial charge >= 0.3 is 0 Å². The molecule has 0 amide bonds. The van der Waals surface area contributed by atoms with E-state index in [0.717, 1.165) is 78.4 Å². The largest absolute Gasteiger partial charge is 0.457 e. The molecule has 1 aliphatic heterocycles. The predicted octanol–water partition coefficient (Wildman–Crippen LogP) is 10.5. The molecule has 4 nitrogen and oxygen atoms in total. The SMILES string of the molecule is c1ccc(-c2cc(-c3ccccc3)nc(-c3nc4c(c5ccccc35)C3(c5ccccc5Oc5ccccc53)c3ccccc3-4)n2)cc1. The fourth-order valence-electron chi connectivity index (χ4n) is 7.78. The van der Waals surface area contributed by atoms with Crippen molar-refractivity contribution >= 4 is 10.8 Å². The summed E-state index contributed by atoms with van der Waals surface area (Å²) in [4.78, 5) is 16.0. The first-order valence-corrected chi connectivity index (χ1v) is 16.2. The number of hydrogen-bond acceptors (Lipinski definition) is 4. The van der Waals surface area contributed by atoms with Crippen LogP contribution in [0.25, 0.3) is 56.1 Å². The highest BCUT2D eigenvalue weighted by atomic mass is 16.5. The molecule has 0 atom stereocenters. The highest BCUT2D eigenvalue weighted by Gasteiger charge is 2.52. The normalized spacial score (nSPS) is 13.3. The minimum atomic E-state index is -0.621. The molecule has 0 N–H and O–H groups in total. The Morgan fingerprint density at radius 3 is 1.54 bits per heavy atom. The Morgan fingerprint density at radius 2 is 0.917 bits per heavy atom. The van der Waals surface area contributed by atoms with Crippen LogP contribution in [0, 0.1) is 0 Å². The predicted molar refractivity (Wildman–Crippen MR) is 191 cm³/mol. The van der Waals surface area contributed by atoms with Gasteiger partial charge in [-0.2, -0.15) is 0 Å². The standard InChI is InChI=1S/C44H27N3O/c1-3-15-28(16-4-1)36-27-37(29-17-5-2-6-18-29)46-43(45-36)42-31-20-8-7-19-30(31)40-41(47-42)32-21-9-10-22-33(32)44(40)34-23-11-13-25-38(34)48-39-26-14-12-24-35(39)44/h1-27H. The van der Waals surface area contributed by atoms with Crippen molar-refractivity contribution in [2.24, 2.45) is 0 Å². The smallest absolute Gasteiger partial charge is 0.179 e. The Morgan fingerprint density at radius 1 is 0.417 bits per heavy atom. The zero-order valence-electron chi connectivity index (χ0n) is 25.8. The third-order valence-electron chi connectivity index (χ3n) is 9.75. The van der Waals surface area contributed by atoms with Gasteiger partial charge in [0, 0.05) is 38.8 Å². The molecule has 1 spiro atoms. The van der Waals surface area contributed by atoms with Gasteiger partial charge in [-0.25, -0.2) is 15.0 Å². The van der Waals surface area contributed by atoms with E-state index in [9.17, 15) is 0 Å². The molecule has 8 aromatic rings. The Bertz CT molecular complexity index is 2440. The topological polar surface area (TPSA) is 47.9 Å². The van der Waals surface area contributed by atoms with Gasteiger partial charge in [0.05, 0.1) is 22.5 Å². The van der Waals surface area contributed by atoms with E-state index in [4.69, 9.17) is 19.7 Å². The number of ether oxygens (including phenoxy) is 1. The molecule has 0 radical (unpaired) electrons. The fraction of sp³-hybridized carbons (Fsp3) is 0.0227. The fourth-order valence-corrected chi connectivity index (χ4v) is 7.78. The van der Waals surface area contributed by atoms with Gasteiger partial charge in [0.25, 0.3) is 0 Å². The third kappa shape index (κ3) is 3.74. The van der Waals surface area contributed by atoms with Gasteiger partial charge in [-0.05, 0) is 29.1 Å². The maximum absolute atomic E-state index is 6.57. The van der Waals surface area contributed by atoms with E-state index >= 15 is 0 Å². The van der Waals surface area contributed by atoms with Crippen molar-refractivity contribution in [2.75, 3.05) is 0 Å². The summed E-state index contributed by atoms with van der Waals surface area (Å²) in [5, 5.41) is 2.13. The van der Waals surface area contributed by atoms with Crippen molar-refractivity contribution in [3.05, 3.63) is 186 Å². The van der Waals surface area contributed by atoms with Crippen LogP contribution < -0.4 is 4.74 Å². The highest BCUT2D eigenvalue weighted by molar-refractivity contribution is 6.04. The molecule has 10 rings (SSSR count). The number of nitrogens with zero attached hydrogens (tertiary/aromatic N) is 3. The number of aromatic nitrogens is 3. The van der Waals surface area contributed by atoms with Gasteiger partial charge in [0.1, 0.15) is 17.2 Å². The van der Waals surface area contributed by atoms with Crippen molar-refractivity contribution in [3.8, 4) is 56.8 Å². The van der Waals surface area contributed by atoms with Gasteiger partial charge in [0.2, 0.25) is 0 Å². The van der Waals surface area contributed by atoms with Crippen molar-refractivity contribution in [1.82, 2.24) is 15.0 Å². The number of benzene rings is 6. The molecular formula is C44H27N3O. The van der Waals surface area contributed by atoms with Crippen LogP contribution in [0.15, 0.2) is 164 Å². The second-order valence-corrected chi connectivity index (χ2v) is 12.3. The Hall–Kier alpha value is -6.39. The summed E-state index contributed by atoms with van der Waals surface area (Å²) >= 11 is 0. The van der Waals surface area contributed by atoms with Crippen molar-refractivity contribution < 1.29 is 4.74 Å². The molecule has 224 valence electrons. The average molecular weight is 614 g/mol. The lowest BCUT2D eigenvalue weighted by Crippen LogP contribution is -2.32. The minimum absolute atomic E-state index is 0.598. The van der Waals surface area contributed by atoms with Crippen LogP contribution in [-0.2, 0) is 5.41 Å². The van der Waals surface area contributed by atoms with Gasteiger partial charge in [-0.15, -0.1) is 0 Å². The minimum Gasteiger partial charge on any atom is -0.457 e. The number of pyridine rings is 1. The summed E-state index contributed by atoms with van der Waals surface area (Å²) < 4.78 is 6.57. The second kappa shape index (κ2) is 10.3. The zero-order valence-corrected chi connectivity index (χ0v) is 25.8. The zero-order chi connectivity index (χ0) is 31.7. The first-order chi connectivity index (χ1) is 23.8. The molecule has 0 saturated heterocycles. The Balaban J connectivity index is 1.33. The highest BCUT2D eigenvalue weighted by Crippen LogP contribution is 2.63. The maximum Gasteiger partial charge on any atom is 0.179 e. The van der Waals surface area contributed by atoms with Crippen molar-refractivity contribution in [2.45, 2.75) is 5.41 Å². The van der Waals surface area contributed by atoms with Crippen molar-refractivity contribution in [3.63, 3.8) is 0 Å². The molecule has 2 aliphatic rings. The van der Waals surface area contributed by atoms with E-state index < -0.39 is 5.41 Å². The average Bonchev–Trinajstić information content (AvgIpc) is 3.46. The van der Waals surface area contributed by atoms with Crippen LogP contribution in [0.3, 0.4) is 0 Å². The second-order valence-electron chi connectivity index (χ2n) is 12.3. The summed E-state index contributed by atoms with van der Waals surface area (Å²) in [5.74, 6) is 2.32. The van der Waals surface area contributed by atoms with Gasteiger partial charge < -0.3 is 4.74 Å². The summed E-state index contributed by atoms with van der Waals surface area (Å²) in [6.45, 7) is 0. The Labute approximate surface area is 278 Å². The number of para-hydroxylation sites is 2. The molecule has 0 saturated carbocycles. The van der Waals surface area contributed by atoms with Crippen LogP contribution in [0.1, 0.15) is 22.3 Å². The molecule has 0 unspecified atom stereocenters. The number of hydrogen-bond donors (Lipinski definition) is 0. The van der Waals surface area contributed by atoms with Crippen molar-refractivity contribution in [1.29, 1.82) is 0 Å².